The molecule has 0 amide bonds. The smallest absolute Gasteiger partial charge is 0.180 e. The van der Waals surface area contributed by atoms with Crippen molar-refractivity contribution in [1.29, 1.82) is 0 Å². The van der Waals surface area contributed by atoms with Crippen LogP contribution < -0.4 is 14.8 Å². The van der Waals surface area contributed by atoms with Crippen molar-refractivity contribution in [3.8, 4) is 11.5 Å². The first-order chi connectivity index (χ1) is 11.5. The number of methoxy groups -OCH3 is 1. The van der Waals surface area contributed by atoms with E-state index >= 15 is 0 Å². The number of aliphatic hydroxyl groups excluding tert-OH is 1. The monoisotopic (exact) mass is 405 g/mol. The van der Waals surface area contributed by atoms with Gasteiger partial charge in [0.1, 0.15) is 6.61 Å². The van der Waals surface area contributed by atoms with Gasteiger partial charge in [-0.25, -0.2) is 0 Å². The van der Waals surface area contributed by atoms with E-state index in [0.29, 0.717) is 41.2 Å². The van der Waals surface area contributed by atoms with Gasteiger partial charge in [0.05, 0.1) is 18.2 Å². The van der Waals surface area contributed by atoms with Crippen molar-refractivity contribution < 1.29 is 14.6 Å². The number of benzene rings is 2. The lowest BCUT2D eigenvalue weighted by Gasteiger charge is -2.15. The number of hydrogen-bond donors (Lipinski definition) is 2. The van der Waals surface area contributed by atoms with E-state index in [9.17, 15) is 5.11 Å². The minimum atomic E-state index is -0.399. The van der Waals surface area contributed by atoms with Crippen molar-refractivity contribution in [1.82, 2.24) is 5.32 Å². The molecule has 7 heteroatoms. The minimum Gasteiger partial charge on any atom is -0.493 e. The van der Waals surface area contributed by atoms with Crippen LogP contribution in [0.3, 0.4) is 0 Å². The molecule has 4 nitrogen and oxygen atoms in total. The summed E-state index contributed by atoms with van der Waals surface area (Å²) < 4.78 is 11.2. The number of aliphatic hydroxyl groups is 1. The van der Waals surface area contributed by atoms with E-state index in [0.717, 1.165) is 11.1 Å². The van der Waals surface area contributed by atoms with E-state index in [2.05, 4.69) is 5.32 Å². The minimum absolute atomic E-state index is 0. The Kier molecular flexibility index (Phi) is 9.39. The van der Waals surface area contributed by atoms with Gasteiger partial charge in [0, 0.05) is 18.1 Å². The van der Waals surface area contributed by atoms with Crippen LogP contribution in [0, 0.1) is 0 Å². The molecule has 25 heavy (non-hydrogen) atoms. The molecular formula is C18H22Cl3NO3. The summed E-state index contributed by atoms with van der Waals surface area (Å²) in [7, 11) is 1.58. The molecule has 0 aromatic heterocycles. The molecule has 0 heterocycles. The molecule has 0 saturated heterocycles. The van der Waals surface area contributed by atoms with Crippen molar-refractivity contribution >= 4 is 35.6 Å². The van der Waals surface area contributed by atoms with Crippen molar-refractivity contribution in [2.24, 2.45) is 0 Å². The highest BCUT2D eigenvalue weighted by atomic mass is 35.5. The highest BCUT2D eigenvalue weighted by Gasteiger charge is 2.12. The third kappa shape index (κ3) is 6.92. The van der Waals surface area contributed by atoms with Gasteiger partial charge in [0.25, 0.3) is 0 Å². The molecule has 1 atom stereocenters. The highest BCUT2D eigenvalue weighted by molar-refractivity contribution is 6.32. The van der Waals surface area contributed by atoms with Gasteiger partial charge >= 0.3 is 0 Å². The zero-order valence-electron chi connectivity index (χ0n) is 14.1. The zero-order chi connectivity index (χ0) is 17.5. The fourth-order valence-electron chi connectivity index (χ4n) is 2.18. The van der Waals surface area contributed by atoms with E-state index in [1.165, 1.54) is 0 Å². The fraction of sp³-hybridized carbons (Fsp3) is 0.333. The predicted octanol–water partition coefficient (Wildman–Crippen LogP) is 4.47. The van der Waals surface area contributed by atoms with Gasteiger partial charge in [-0.15, -0.1) is 12.4 Å². The maximum Gasteiger partial charge on any atom is 0.180 e. The number of halogens is 3. The summed E-state index contributed by atoms with van der Waals surface area (Å²) in [6.45, 7) is 3.19. The summed E-state index contributed by atoms with van der Waals surface area (Å²) in [4.78, 5) is 0. The van der Waals surface area contributed by atoms with Gasteiger partial charge in [-0.05, 0) is 42.3 Å². The van der Waals surface area contributed by atoms with Crippen LogP contribution in [0.1, 0.15) is 18.1 Å². The maximum atomic E-state index is 9.28. The molecule has 0 spiro atoms. The molecule has 0 aliphatic carbocycles. The Morgan fingerprint density at radius 3 is 2.40 bits per heavy atom. The van der Waals surface area contributed by atoms with Gasteiger partial charge in [0.2, 0.25) is 0 Å². The average Bonchev–Trinajstić information content (AvgIpc) is 2.54. The maximum absolute atomic E-state index is 9.28. The highest BCUT2D eigenvalue weighted by Crippen LogP contribution is 2.37. The summed E-state index contributed by atoms with van der Waals surface area (Å²) in [6, 6.07) is 11.1. The van der Waals surface area contributed by atoms with E-state index in [1.807, 2.05) is 36.4 Å². The van der Waals surface area contributed by atoms with E-state index in [1.54, 1.807) is 14.0 Å². The van der Waals surface area contributed by atoms with Crippen molar-refractivity contribution in [2.75, 3.05) is 13.7 Å². The Balaban J connectivity index is 0.00000312. The van der Waals surface area contributed by atoms with E-state index in [-0.39, 0.29) is 12.4 Å². The first-order valence-electron chi connectivity index (χ1n) is 7.62. The standard InChI is InChI=1S/C18H21Cl2NO3.ClH/c1-12(22)9-21-10-14-7-16(20)18(17(8-14)23-2)24-11-13-3-5-15(19)6-4-13;/h3-8,12,21-22H,9-11H2,1-2H3;1H. The summed E-state index contributed by atoms with van der Waals surface area (Å²) in [5.41, 5.74) is 1.94. The summed E-state index contributed by atoms with van der Waals surface area (Å²) >= 11 is 12.2. The summed E-state index contributed by atoms with van der Waals surface area (Å²) in [6.07, 6.45) is -0.399. The van der Waals surface area contributed by atoms with Crippen LogP contribution >= 0.6 is 35.6 Å². The molecular weight excluding hydrogens is 385 g/mol. The van der Waals surface area contributed by atoms with Gasteiger partial charge in [0.15, 0.2) is 11.5 Å². The SMILES string of the molecule is COc1cc(CNCC(C)O)cc(Cl)c1OCc1ccc(Cl)cc1.Cl. The lowest BCUT2D eigenvalue weighted by atomic mass is 10.2. The fourth-order valence-corrected chi connectivity index (χ4v) is 2.59. The van der Waals surface area contributed by atoms with Gasteiger partial charge in [-0.1, -0.05) is 35.3 Å². The molecule has 0 aliphatic rings. The Labute approximate surface area is 164 Å². The Morgan fingerprint density at radius 1 is 1.12 bits per heavy atom. The largest absolute Gasteiger partial charge is 0.493 e. The average molecular weight is 407 g/mol. The molecule has 138 valence electrons. The molecule has 2 aromatic carbocycles. The lowest BCUT2D eigenvalue weighted by Crippen LogP contribution is -2.23. The third-order valence-corrected chi connectivity index (χ3v) is 3.89. The first-order valence-corrected chi connectivity index (χ1v) is 8.37. The van der Waals surface area contributed by atoms with Crippen LogP contribution in [0.4, 0.5) is 0 Å². The van der Waals surface area contributed by atoms with Crippen molar-refractivity contribution in [2.45, 2.75) is 26.2 Å². The zero-order valence-corrected chi connectivity index (χ0v) is 16.4. The number of nitrogens with one attached hydrogen (secondary N) is 1. The Morgan fingerprint density at radius 2 is 1.80 bits per heavy atom. The summed E-state index contributed by atoms with van der Waals surface area (Å²) in [5.74, 6) is 1.08. The van der Waals surface area contributed by atoms with Crippen LogP contribution in [-0.4, -0.2) is 24.9 Å². The molecule has 0 fully saturated rings. The van der Waals surface area contributed by atoms with E-state index < -0.39 is 6.10 Å². The molecule has 2 rings (SSSR count). The molecule has 1 unspecified atom stereocenters. The van der Waals surface area contributed by atoms with Crippen molar-refractivity contribution in [3.05, 3.63) is 57.6 Å². The van der Waals surface area contributed by atoms with Crippen LogP contribution in [0.2, 0.25) is 10.0 Å². The topological polar surface area (TPSA) is 50.7 Å². The van der Waals surface area contributed by atoms with Crippen molar-refractivity contribution in [3.63, 3.8) is 0 Å². The normalized spacial score (nSPS) is 11.6. The quantitative estimate of drug-likeness (QED) is 0.679. The van der Waals surface area contributed by atoms with Gasteiger partial charge in [-0.2, -0.15) is 0 Å². The Bertz CT molecular complexity index is 663. The Hall–Kier alpha value is -1.17. The van der Waals surface area contributed by atoms with Crippen LogP contribution in [-0.2, 0) is 13.2 Å². The first kappa shape index (κ1) is 21.9. The van der Waals surface area contributed by atoms with Crippen LogP contribution in [0.25, 0.3) is 0 Å². The number of hydrogen-bond acceptors (Lipinski definition) is 4. The second-order valence-corrected chi connectivity index (χ2v) is 6.35. The van der Waals surface area contributed by atoms with Crippen LogP contribution in [0.5, 0.6) is 11.5 Å². The lowest BCUT2D eigenvalue weighted by molar-refractivity contribution is 0.191. The number of rotatable bonds is 8. The molecule has 0 bridgehead atoms. The van der Waals surface area contributed by atoms with Gasteiger partial charge < -0.3 is 19.9 Å². The summed E-state index contributed by atoms with van der Waals surface area (Å²) in [5, 5.41) is 13.6. The molecule has 0 aliphatic heterocycles. The third-order valence-electron chi connectivity index (χ3n) is 3.35. The van der Waals surface area contributed by atoms with Gasteiger partial charge in [-0.3, -0.25) is 0 Å². The second-order valence-electron chi connectivity index (χ2n) is 5.50. The number of ether oxygens (including phenoxy) is 2. The molecule has 2 aromatic rings. The molecule has 0 saturated carbocycles. The molecule has 2 N–H and O–H groups in total. The second kappa shape index (κ2) is 10.7. The van der Waals surface area contributed by atoms with Crippen LogP contribution in [0.15, 0.2) is 36.4 Å². The predicted molar refractivity (Wildman–Crippen MR) is 104 cm³/mol. The van der Waals surface area contributed by atoms with E-state index in [4.69, 9.17) is 32.7 Å². The molecule has 0 radical (unpaired) electrons.